The van der Waals surface area contributed by atoms with Crippen molar-refractivity contribution in [3.63, 3.8) is 0 Å². The zero-order chi connectivity index (χ0) is 25.0. The number of piperidine rings is 1. The van der Waals surface area contributed by atoms with E-state index in [9.17, 15) is 23.1 Å². The van der Waals surface area contributed by atoms with Crippen LogP contribution in [0.15, 0.2) is 29.4 Å². The molecule has 4 aliphatic rings. The summed E-state index contributed by atoms with van der Waals surface area (Å²) in [7, 11) is -1.76. The molecule has 2 aliphatic heterocycles. The summed E-state index contributed by atoms with van der Waals surface area (Å²) in [5, 5.41) is 26.7. The van der Waals surface area contributed by atoms with Crippen LogP contribution < -0.4 is 5.32 Å². The predicted octanol–water partition coefficient (Wildman–Crippen LogP) is 0.164. The van der Waals surface area contributed by atoms with Crippen molar-refractivity contribution in [1.29, 1.82) is 5.26 Å². The van der Waals surface area contributed by atoms with E-state index in [1.807, 2.05) is 0 Å². The molecule has 0 radical (unpaired) electrons. The van der Waals surface area contributed by atoms with Crippen LogP contribution in [0.3, 0.4) is 0 Å². The number of hydrazone groups is 1. The lowest BCUT2D eigenvalue weighted by Crippen LogP contribution is -2.57. The number of amides is 2. The molecule has 2 N–H and O–H groups in total. The average molecular weight is 500 g/mol. The van der Waals surface area contributed by atoms with Crippen molar-refractivity contribution in [3.8, 4) is 6.07 Å². The van der Waals surface area contributed by atoms with Gasteiger partial charge in [0.15, 0.2) is 9.84 Å². The van der Waals surface area contributed by atoms with Gasteiger partial charge < -0.3 is 15.3 Å². The molecule has 2 saturated carbocycles. The molecule has 5 rings (SSSR count). The van der Waals surface area contributed by atoms with E-state index < -0.39 is 32.0 Å². The molecule has 0 spiro atoms. The highest BCUT2D eigenvalue weighted by molar-refractivity contribution is 7.93. The van der Waals surface area contributed by atoms with Gasteiger partial charge in [0, 0.05) is 32.6 Å². The van der Waals surface area contributed by atoms with Crippen molar-refractivity contribution < 1.29 is 23.1 Å². The molecule has 10 nitrogen and oxygen atoms in total. The summed E-state index contributed by atoms with van der Waals surface area (Å²) in [6, 6.07) is 8.36. The number of hydrogen-bond acceptors (Lipinski definition) is 8. The van der Waals surface area contributed by atoms with Crippen LogP contribution in [-0.4, -0.2) is 83.2 Å². The van der Waals surface area contributed by atoms with Crippen LogP contribution >= 0.6 is 0 Å². The standard InChI is InChI=1S/C24H29N5O5S/c1-28-21-19(20(27-28)22(31)26-13-16-4-2-15(12-25)3-5-16)6-9-29(23(21)32)14-24(7-8-24)35(33,34)18-10-17(30)11-18/h2-5,17-19,21,30H,6-11,13-14H2,1H3,(H,26,31). The van der Waals surface area contributed by atoms with Gasteiger partial charge in [0.2, 0.25) is 5.91 Å². The molecule has 1 aromatic carbocycles. The Labute approximate surface area is 204 Å². The number of aliphatic hydroxyl groups excluding tert-OH is 1. The molecular formula is C24H29N5O5S. The number of sulfone groups is 1. The number of benzene rings is 1. The van der Waals surface area contributed by atoms with Gasteiger partial charge in [-0.15, -0.1) is 0 Å². The van der Waals surface area contributed by atoms with Crippen molar-refractivity contribution in [2.45, 2.75) is 60.8 Å². The molecule has 2 unspecified atom stereocenters. The quantitative estimate of drug-likeness (QED) is 0.544. The summed E-state index contributed by atoms with van der Waals surface area (Å²) in [6.45, 7) is 0.819. The second kappa shape index (κ2) is 8.60. The van der Waals surface area contributed by atoms with Crippen LogP contribution in [0.1, 0.15) is 43.2 Å². The van der Waals surface area contributed by atoms with Crippen LogP contribution in [0.5, 0.6) is 0 Å². The fourth-order valence-corrected chi connectivity index (χ4v) is 8.11. The fourth-order valence-electron chi connectivity index (χ4n) is 5.44. The number of likely N-dealkylation sites (N-methyl/N-ethyl adjacent to an activating group) is 1. The minimum absolute atomic E-state index is 0.165. The molecule has 1 aromatic rings. The van der Waals surface area contributed by atoms with E-state index in [0.29, 0.717) is 37.1 Å². The summed E-state index contributed by atoms with van der Waals surface area (Å²) in [5.41, 5.74) is 1.71. The normalized spacial score (nSPS) is 29.1. The van der Waals surface area contributed by atoms with Gasteiger partial charge in [-0.05, 0) is 49.8 Å². The SMILES string of the molecule is CN1N=C(C(=O)NCc2ccc(C#N)cc2)C2CCN(CC3(S(=O)(=O)C4CC(O)C4)CC3)C(=O)C21. The predicted molar refractivity (Wildman–Crippen MR) is 127 cm³/mol. The second-order valence-corrected chi connectivity index (χ2v) is 12.7. The topological polar surface area (TPSA) is 143 Å². The Kier molecular flexibility index (Phi) is 5.84. The van der Waals surface area contributed by atoms with E-state index in [4.69, 9.17) is 5.26 Å². The van der Waals surface area contributed by atoms with Gasteiger partial charge in [-0.2, -0.15) is 10.4 Å². The van der Waals surface area contributed by atoms with Gasteiger partial charge in [-0.3, -0.25) is 14.6 Å². The van der Waals surface area contributed by atoms with Crippen molar-refractivity contribution in [2.24, 2.45) is 11.0 Å². The number of likely N-dealkylation sites (tertiary alicyclic amines) is 1. The lowest BCUT2D eigenvalue weighted by Gasteiger charge is -2.40. The summed E-state index contributed by atoms with van der Waals surface area (Å²) in [4.78, 5) is 27.9. The molecule has 11 heteroatoms. The Morgan fingerprint density at radius 1 is 1.29 bits per heavy atom. The molecular weight excluding hydrogens is 470 g/mol. The molecule has 0 bridgehead atoms. The smallest absolute Gasteiger partial charge is 0.268 e. The monoisotopic (exact) mass is 499 g/mol. The zero-order valence-corrected chi connectivity index (χ0v) is 20.4. The van der Waals surface area contributed by atoms with Gasteiger partial charge in [-0.1, -0.05) is 12.1 Å². The van der Waals surface area contributed by atoms with E-state index in [1.165, 1.54) is 5.01 Å². The van der Waals surface area contributed by atoms with E-state index in [0.717, 1.165) is 5.56 Å². The van der Waals surface area contributed by atoms with Crippen molar-refractivity contribution in [2.75, 3.05) is 20.1 Å². The van der Waals surface area contributed by atoms with Gasteiger partial charge in [0.1, 0.15) is 11.8 Å². The second-order valence-electron chi connectivity index (χ2n) is 10.1. The number of carbonyl (C=O) groups excluding carboxylic acids is 2. The zero-order valence-electron chi connectivity index (χ0n) is 19.6. The Morgan fingerprint density at radius 2 is 1.97 bits per heavy atom. The van der Waals surface area contributed by atoms with Crippen LogP contribution in [0, 0.1) is 17.2 Å². The number of carbonyl (C=O) groups is 2. The molecule has 3 fully saturated rings. The molecule has 2 atom stereocenters. The number of fused-ring (bicyclic) bond motifs is 1. The Morgan fingerprint density at radius 3 is 2.57 bits per heavy atom. The first kappa shape index (κ1) is 23.8. The Balaban J connectivity index is 1.22. The number of hydrogen-bond donors (Lipinski definition) is 2. The molecule has 2 heterocycles. The first-order chi connectivity index (χ1) is 16.6. The van der Waals surface area contributed by atoms with E-state index in [2.05, 4.69) is 16.5 Å². The van der Waals surface area contributed by atoms with Crippen molar-refractivity contribution in [3.05, 3.63) is 35.4 Å². The van der Waals surface area contributed by atoms with Gasteiger partial charge in [0.25, 0.3) is 5.91 Å². The number of nitrogens with one attached hydrogen (secondary N) is 1. The summed E-state index contributed by atoms with van der Waals surface area (Å²) < 4.78 is 25.4. The van der Waals surface area contributed by atoms with Crippen LogP contribution in [0.25, 0.3) is 0 Å². The van der Waals surface area contributed by atoms with Crippen LogP contribution in [0.2, 0.25) is 0 Å². The molecule has 2 aliphatic carbocycles. The van der Waals surface area contributed by atoms with E-state index in [1.54, 1.807) is 36.2 Å². The highest BCUT2D eigenvalue weighted by Gasteiger charge is 2.61. The van der Waals surface area contributed by atoms with Crippen LogP contribution in [0.4, 0.5) is 0 Å². The minimum atomic E-state index is -3.42. The minimum Gasteiger partial charge on any atom is -0.393 e. The third-order valence-corrected chi connectivity index (χ3v) is 10.8. The first-order valence-corrected chi connectivity index (χ1v) is 13.5. The Hall–Kier alpha value is -2.97. The van der Waals surface area contributed by atoms with E-state index in [-0.39, 0.29) is 43.7 Å². The third kappa shape index (κ3) is 4.08. The van der Waals surface area contributed by atoms with Gasteiger partial charge in [-0.25, -0.2) is 8.42 Å². The molecule has 2 amide bonds. The van der Waals surface area contributed by atoms with Crippen molar-refractivity contribution in [1.82, 2.24) is 15.2 Å². The maximum absolute atomic E-state index is 13.4. The summed E-state index contributed by atoms with van der Waals surface area (Å²) >= 11 is 0. The summed E-state index contributed by atoms with van der Waals surface area (Å²) in [5.74, 6) is -0.879. The average Bonchev–Trinajstić information content (AvgIpc) is 3.54. The van der Waals surface area contributed by atoms with Crippen molar-refractivity contribution >= 4 is 27.4 Å². The number of nitrogens with zero attached hydrogens (tertiary/aromatic N) is 4. The number of aliphatic hydroxyl groups is 1. The molecule has 186 valence electrons. The highest BCUT2D eigenvalue weighted by Crippen LogP contribution is 2.50. The molecule has 0 aromatic heterocycles. The summed E-state index contributed by atoms with van der Waals surface area (Å²) in [6.07, 6.45) is 1.61. The fraction of sp³-hybridized carbons (Fsp3) is 0.583. The lowest BCUT2D eigenvalue weighted by atomic mass is 9.87. The largest absolute Gasteiger partial charge is 0.393 e. The number of nitriles is 1. The maximum atomic E-state index is 13.4. The first-order valence-electron chi connectivity index (χ1n) is 11.9. The Bertz CT molecular complexity index is 1210. The van der Waals surface area contributed by atoms with E-state index >= 15 is 0 Å². The number of rotatable bonds is 7. The molecule has 35 heavy (non-hydrogen) atoms. The van der Waals surface area contributed by atoms with Gasteiger partial charge >= 0.3 is 0 Å². The third-order valence-electron chi connectivity index (χ3n) is 7.84. The molecule has 1 saturated heterocycles. The van der Waals surface area contributed by atoms with Gasteiger partial charge in [0.05, 0.1) is 27.7 Å². The lowest BCUT2D eigenvalue weighted by molar-refractivity contribution is -0.140. The highest BCUT2D eigenvalue weighted by atomic mass is 32.2. The van der Waals surface area contributed by atoms with Crippen LogP contribution in [-0.2, 0) is 26.0 Å². The maximum Gasteiger partial charge on any atom is 0.268 e.